The molecule has 0 bridgehead atoms. The summed E-state index contributed by atoms with van der Waals surface area (Å²) < 4.78 is 5.89. The molecule has 2 rings (SSSR count). The first-order valence-corrected chi connectivity index (χ1v) is 8.57. The quantitative estimate of drug-likeness (QED) is 0.858. The van der Waals surface area contributed by atoms with E-state index in [0.29, 0.717) is 29.6 Å². The Hall–Kier alpha value is -0.120. The van der Waals surface area contributed by atoms with Crippen LogP contribution in [0.15, 0.2) is 0 Å². The average Bonchev–Trinajstić information content (AvgIpc) is 2.40. The standard InChI is InChI=1S/C17H34N2O/c1-6-14-12-20-13(3)11-19(14)16-10-17(4,5)9-8-15(16)18-7-2/h13-16,18H,6-12H2,1-5H3. The molecule has 4 atom stereocenters. The lowest BCUT2D eigenvalue weighted by atomic mass is 9.72. The number of nitrogens with one attached hydrogen (secondary N) is 1. The van der Waals surface area contributed by atoms with Crippen molar-refractivity contribution in [3.63, 3.8) is 0 Å². The molecule has 2 fully saturated rings. The van der Waals surface area contributed by atoms with Gasteiger partial charge in [-0.15, -0.1) is 0 Å². The van der Waals surface area contributed by atoms with Crippen molar-refractivity contribution in [2.24, 2.45) is 5.41 Å². The van der Waals surface area contributed by atoms with Crippen molar-refractivity contribution < 1.29 is 4.74 Å². The second-order valence-corrected chi connectivity index (χ2v) is 7.54. The summed E-state index contributed by atoms with van der Waals surface area (Å²) in [5, 5.41) is 3.75. The molecule has 1 aliphatic carbocycles. The van der Waals surface area contributed by atoms with E-state index in [-0.39, 0.29) is 0 Å². The molecule has 118 valence electrons. The molecule has 1 aliphatic heterocycles. The van der Waals surface area contributed by atoms with E-state index >= 15 is 0 Å². The molecular weight excluding hydrogens is 248 g/mol. The SMILES string of the molecule is CCNC1CCC(C)(C)CC1N1CC(C)OCC1CC. The van der Waals surface area contributed by atoms with E-state index in [1.807, 2.05) is 0 Å². The van der Waals surface area contributed by atoms with Crippen LogP contribution >= 0.6 is 0 Å². The monoisotopic (exact) mass is 282 g/mol. The highest BCUT2D eigenvalue weighted by molar-refractivity contribution is 4.97. The molecule has 0 radical (unpaired) electrons. The van der Waals surface area contributed by atoms with Crippen LogP contribution in [0.25, 0.3) is 0 Å². The van der Waals surface area contributed by atoms with Crippen LogP contribution < -0.4 is 5.32 Å². The van der Waals surface area contributed by atoms with Crippen molar-refractivity contribution >= 4 is 0 Å². The van der Waals surface area contributed by atoms with Gasteiger partial charge in [-0.3, -0.25) is 4.90 Å². The first kappa shape index (κ1) is 16.3. The van der Waals surface area contributed by atoms with E-state index in [9.17, 15) is 0 Å². The molecule has 1 saturated carbocycles. The Morgan fingerprint density at radius 1 is 1.30 bits per heavy atom. The lowest BCUT2D eigenvalue weighted by Crippen LogP contribution is -2.61. The summed E-state index contributed by atoms with van der Waals surface area (Å²) in [5.41, 5.74) is 0.483. The topological polar surface area (TPSA) is 24.5 Å². The molecular formula is C17H34N2O. The number of nitrogens with zero attached hydrogens (tertiary/aromatic N) is 1. The second-order valence-electron chi connectivity index (χ2n) is 7.54. The lowest BCUT2D eigenvalue weighted by molar-refractivity contribution is -0.0905. The van der Waals surface area contributed by atoms with Crippen molar-refractivity contribution in [1.29, 1.82) is 0 Å². The minimum atomic E-state index is 0.380. The summed E-state index contributed by atoms with van der Waals surface area (Å²) in [6, 6.07) is 1.94. The van der Waals surface area contributed by atoms with Gasteiger partial charge in [0.2, 0.25) is 0 Å². The first-order chi connectivity index (χ1) is 9.46. The molecule has 0 spiro atoms. The molecule has 4 unspecified atom stereocenters. The van der Waals surface area contributed by atoms with Gasteiger partial charge < -0.3 is 10.1 Å². The highest BCUT2D eigenvalue weighted by atomic mass is 16.5. The second kappa shape index (κ2) is 6.76. The van der Waals surface area contributed by atoms with Gasteiger partial charge in [0.25, 0.3) is 0 Å². The minimum absolute atomic E-state index is 0.380. The zero-order valence-corrected chi connectivity index (χ0v) is 14.1. The van der Waals surface area contributed by atoms with Gasteiger partial charge in [-0.25, -0.2) is 0 Å². The van der Waals surface area contributed by atoms with Crippen molar-refractivity contribution in [3.05, 3.63) is 0 Å². The molecule has 1 N–H and O–H groups in total. The number of ether oxygens (including phenoxy) is 1. The number of rotatable bonds is 4. The molecule has 3 nitrogen and oxygen atoms in total. The molecule has 1 saturated heterocycles. The Kier molecular flexibility index (Phi) is 5.49. The predicted molar refractivity (Wildman–Crippen MR) is 85.1 cm³/mol. The van der Waals surface area contributed by atoms with Crippen LogP contribution in [0.5, 0.6) is 0 Å². The highest BCUT2D eigenvalue weighted by Crippen LogP contribution is 2.39. The number of hydrogen-bond acceptors (Lipinski definition) is 3. The lowest BCUT2D eigenvalue weighted by Gasteiger charge is -2.51. The van der Waals surface area contributed by atoms with E-state index in [2.05, 4.69) is 44.8 Å². The smallest absolute Gasteiger partial charge is 0.0674 e. The van der Waals surface area contributed by atoms with Gasteiger partial charge in [-0.1, -0.05) is 27.7 Å². The maximum Gasteiger partial charge on any atom is 0.0674 e. The van der Waals surface area contributed by atoms with Gasteiger partial charge in [-0.2, -0.15) is 0 Å². The third-order valence-corrected chi connectivity index (χ3v) is 5.23. The van der Waals surface area contributed by atoms with Crippen LogP contribution in [0.3, 0.4) is 0 Å². The Bertz CT molecular complexity index is 305. The molecule has 3 heteroatoms. The van der Waals surface area contributed by atoms with E-state index in [1.165, 1.54) is 25.7 Å². The summed E-state index contributed by atoms with van der Waals surface area (Å²) in [6.45, 7) is 14.7. The van der Waals surface area contributed by atoms with Crippen LogP contribution in [0, 0.1) is 5.41 Å². The fourth-order valence-electron chi connectivity index (χ4n) is 4.03. The van der Waals surface area contributed by atoms with Gasteiger partial charge in [0.15, 0.2) is 0 Å². The zero-order chi connectivity index (χ0) is 14.8. The van der Waals surface area contributed by atoms with Crippen molar-refractivity contribution in [3.8, 4) is 0 Å². The zero-order valence-electron chi connectivity index (χ0n) is 14.1. The Morgan fingerprint density at radius 3 is 2.70 bits per heavy atom. The molecule has 0 amide bonds. The molecule has 1 heterocycles. The predicted octanol–water partition coefficient (Wildman–Crippen LogP) is 3.04. The molecule has 2 aliphatic rings. The summed E-state index contributed by atoms with van der Waals surface area (Å²) in [7, 11) is 0. The fourth-order valence-corrected chi connectivity index (χ4v) is 4.03. The average molecular weight is 282 g/mol. The van der Waals surface area contributed by atoms with Gasteiger partial charge in [0, 0.05) is 24.7 Å². The van der Waals surface area contributed by atoms with Crippen LogP contribution in [-0.2, 0) is 4.74 Å². The van der Waals surface area contributed by atoms with Crippen LogP contribution in [-0.4, -0.2) is 48.8 Å². The fraction of sp³-hybridized carbons (Fsp3) is 1.00. The van der Waals surface area contributed by atoms with Gasteiger partial charge in [0.05, 0.1) is 12.7 Å². The Balaban J connectivity index is 2.14. The maximum atomic E-state index is 5.89. The number of likely N-dealkylation sites (N-methyl/N-ethyl adjacent to an activating group) is 1. The summed E-state index contributed by atoms with van der Waals surface area (Å²) in [4.78, 5) is 2.77. The molecule has 0 aromatic carbocycles. The van der Waals surface area contributed by atoms with Crippen LogP contribution in [0.2, 0.25) is 0 Å². The normalized spacial score (nSPS) is 38.9. The van der Waals surface area contributed by atoms with Gasteiger partial charge >= 0.3 is 0 Å². The largest absolute Gasteiger partial charge is 0.376 e. The van der Waals surface area contributed by atoms with Crippen LogP contribution in [0.1, 0.15) is 60.3 Å². The van der Waals surface area contributed by atoms with Crippen molar-refractivity contribution in [2.45, 2.75) is 84.5 Å². The third-order valence-electron chi connectivity index (χ3n) is 5.23. The summed E-state index contributed by atoms with van der Waals surface area (Å²) >= 11 is 0. The maximum absolute atomic E-state index is 5.89. The Morgan fingerprint density at radius 2 is 2.05 bits per heavy atom. The minimum Gasteiger partial charge on any atom is -0.376 e. The van der Waals surface area contributed by atoms with Crippen LogP contribution in [0.4, 0.5) is 0 Å². The van der Waals surface area contributed by atoms with E-state index in [1.54, 1.807) is 0 Å². The van der Waals surface area contributed by atoms with E-state index in [0.717, 1.165) is 19.7 Å². The van der Waals surface area contributed by atoms with Gasteiger partial charge in [0.1, 0.15) is 0 Å². The molecule has 20 heavy (non-hydrogen) atoms. The number of hydrogen-bond donors (Lipinski definition) is 1. The Labute approximate surface area is 125 Å². The van der Waals surface area contributed by atoms with Crippen molar-refractivity contribution in [1.82, 2.24) is 10.2 Å². The molecule has 0 aromatic rings. The third kappa shape index (κ3) is 3.75. The molecule has 0 aromatic heterocycles. The van der Waals surface area contributed by atoms with E-state index in [4.69, 9.17) is 4.74 Å². The van der Waals surface area contributed by atoms with Gasteiger partial charge in [-0.05, 0) is 44.6 Å². The first-order valence-electron chi connectivity index (χ1n) is 8.57. The number of morpholine rings is 1. The summed E-state index contributed by atoms with van der Waals surface area (Å²) in [5.74, 6) is 0. The van der Waals surface area contributed by atoms with E-state index < -0.39 is 0 Å². The summed E-state index contributed by atoms with van der Waals surface area (Å²) in [6.07, 6.45) is 5.55. The highest BCUT2D eigenvalue weighted by Gasteiger charge is 2.41. The van der Waals surface area contributed by atoms with Crippen molar-refractivity contribution in [2.75, 3.05) is 19.7 Å².